The highest BCUT2D eigenvalue weighted by Gasteiger charge is 2.23. The summed E-state index contributed by atoms with van der Waals surface area (Å²) in [5.74, 6) is 0.206. The molecule has 1 N–H and O–H groups in total. The zero-order chi connectivity index (χ0) is 19.4. The second kappa shape index (κ2) is 8.67. The smallest absolute Gasteiger partial charge is 0.256 e. The van der Waals surface area contributed by atoms with Gasteiger partial charge in [-0.2, -0.15) is 0 Å². The van der Waals surface area contributed by atoms with Crippen molar-refractivity contribution in [2.45, 2.75) is 25.8 Å². The van der Waals surface area contributed by atoms with Crippen molar-refractivity contribution in [3.63, 3.8) is 0 Å². The summed E-state index contributed by atoms with van der Waals surface area (Å²) in [6.07, 6.45) is 2.16. The van der Waals surface area contributed by atoms with Crippen LogP contribution in [0.15, 0.2) is 29.1 Å². The number of aromatic nitrogens is 1. The normalized spacial score (nSPS) is 14.2. The Balaban J connectivity index is 1.60. The van der Waals surface area contributed by atoms with Gasteiger partial charge in [-0.3, -0.25) is 9.59 Å². The average molecular weight is 370 g/mol. The molecule has 1 aliphatic heterocycles. The first-order chi connectivity index (χ1) is 13.0. The fourth-order valence-electron chi connectivity index (χ4n) is 3.65. The van der Waals surface area contributed by atoms with Crippen LogP contribution >= 0.6 is 0 Å². The predicted molar refractivity (Wildman–Crippen MR) is 109 cm³/mol. The fourth-order valence-corrected chi connectivity index (χ4v) is 3.65. The van der Waals surface area contributed by atoms with Gasteiger partial charge in [0.05, 0.1) is 0 Å². The summed E-state index contributed by atoms with van der Waals surface area (Å²) in [6, 6.07) is 7.66. The first-order valence-electron chi connectivity index (χ1n) is 9.69. The molecule has 146 valence electrons. The Morgan fingerprint density at radius 1 is 1.11 bits per heavy atom. The molecule has 6 heteroatoms. The molecule has 0 aliphatic carbocycles. The molecule has 1 amide bonds. The van der Waals surface area contributed by atoms with Crippen LogP contribution in [-0.4, -0.2) is 72.9 Å². The lowest BCUT2D eigenvalue weighted by Gasteiger charge is -2.30. The standard InChI is InChI=1S/C21H30N4O2/c1-23(2)13-14-24(3)11-6-9-20(26)25-12-10-19-18(15-25)16-7-4-5-8-17(16)21(27)22-19/h4-5,7-8H,6,9-15H2,1-3H3,(H,22,27). The third kappa shape index (κ3) is 4.76. The van der Waals surface area contributed by atoms with Gasteiger partial charge >= 0.3 is 0 Å². The van der Waals surface area contributed by atoms with Crippen molar-refractivity contribution in [1.82, 2.24) is 19.7 Å². The van der Waals surface area contributed by atoms with Gasteiger partial charge in [0.15, 0.2) is 0 Å². The van der Waals surface area contributed by atoms with Gasteiger partial charge in [0, 0.05) is 50.1 Å². The van der Waals surface area contributed by atoms with E-state index >= 15 is 0 Å². The number of carbonyl (C=O) groups is 1. The third-order valence-corrected chi connectivity index (χ3v) is 5.32. The largest absolute Gasteiger partial charge is 0.338 e. The number of rotatable bonds is 7. The van der Waals surface area contributed by atoms with Gasteiger partial charge in [0.2, 0.25) is 5.91 Å². The summed E-state index contributed by atoms with van der Waals surface area (Å²) in [5.41, 5.74) is 2.03. The summed E-state index contributed by atoms with van der Waals surface area (Å²) in [6.45, 7) is 4.23. The van der Waals surface area contributed by atoms with Gasteiger partial charge in [-0.1, -0.05) is 18.2 Å². The highest BCUT2D eigenvalue weighted by molar-refractivity contribution is 5.86. The van der Waals surface area contributed by atoms with Crippen molar-refractivity contribution in [3.05, 3.63) is 45.9 Å². The summed E-state index contributed by atoms with van der Waals surface area (Å²) < 4.78 is 0. The number of hydrogen-bond donors (Lipinski definition) is 1. The van der Waals surface area contributed by atoms with E-state index in [2.05, 4.69) is 35.9 Å². The molecule has 1 aliphatic rings. The number of aromatic amines is 1. The first-order valence-corrected chi connectivity index (χ1v) is 9.69. The lowest BCUT2D eigenvalue weighted by Crippen LogP contribution is -2.37. The van der Waals surface area contributed by atoms with Gasteiger partial charge in [-0.05, 0) is 51.1 Å². The van der Waals surface area contributed by atoms with Crippen LogP contribution in [0, 0.1) is 0 Å². The van der Waals surface area contributed by atoms with E-state index in [-0.39, 0.29) is 11.5 Å². The van der Waals surface area contributed by atoms with Crippen LogP contribution in [0.1, 0.15) is 24.1 Å². The molecular weight excluding hydrogens is 340 g/mol. The quantitative estimate of drug-likeness (QED) is 0.806. The Morgan fingerprint density at radius 2 is 1.85 bits per heavy atom. The predicted octanol–water partition coefficient (Wildman–Crippen LogP) is 1.69. The summed E-state index contributed by atoms with van der Waals surface area (Å²) >= 11 is 0. The van der Waals surface area contributed by atoms with Gasteiger partial charge in [0.25, 0.3) is 5.56 Å². The number of hydrogen-bond acceptors (Lipinski definition) is 4. The molecule has 0 saturated carbocycles. The van der Waals surface area contributed by atoms with Crippen LogP contribution in [0.3, 0.4) is 0 Å². The van der Waals surface area contributed by atoms with E-state index in [1.807, 2.05) is 29.2 Å². The van der Waals surface area contributed by atoms with E-state index in [1.54, 1.807) is 0 Å². The summed E-state index contributed by atoms with van der Waals surface area (Å²) in [5, 5.41) is 1.67. The number of likely N-dealkylation sites (N-methyl/N-ethyl adjacent to an activating group) is 2. The minimum absolute atomic E-state index is 0.0371. The van der Waals surface area contributed by atoms with E-state index in [1.165, 1.54) is 0 Å². The average Bonchev–Trinajstić information content (AvgIpc) is 2.66. The molecule has 0 atom stereocenters. The maximum atomic E-state index is 12.7. The number of pyridine rings is 1. The van der Waals surface area contributed by atoms with Crippen LogP contribution < -0.4 is 5.56 Å². The Hall–Kier alpha value is -2.18. The number of nitrogens with one attached hydrogen (secondary N) is 1. The number of fused-ring (bicyclic) bond motifs is 3. The van der Waals surface area contributed by atoms with Crippen molar-refractivity contribution in [1.29, 1.82) is 0 Å². The topological polar surface area (TPSA) is 59.6 Å². The molecule has 0 unspecified atom stereocenters. The third-order valence-electron chi connectivity index (χ3n) is 5.32. The molecule has 3 rings (SSSR count). The Morgan fingerprint density at radius 3 is 2.59 bits per heavy atom. The van der Waals surface area contributed by atoms with Crippen molar-refractivity contribution < 1.29 is 4.79 Å². The Labute approximate surface area is 160 Å². The highest BCUT2D eigenvalue weighted by Crippen LogP contribution is 2.24. The van der Waals surface area contributed by atoms with Crippen LogP contribution in [0.2, 0.25) is 0 Å². The van der Waals surface area contributed by atoms with Crippen LogP contribution in [0.25, 0.3) is 10.8 Å². The second-order valence-corrected chi connectivity index (χ2v) is 7.73. The molecule has 0 bridgehead atoms. The van der Waals surface area contributed by atoms with Gasteiger partial charge in [0.1, 0.15) is 0 Å². The van der Waals surface area contributed by atoms with E-state index in [4.69, 9.17) is 0 Å². The molecule has 27 heavy (non-hydrogen) atoms. The number of benzene rings is 1. The van der Waals surface area contributed by atoms with Gasteiger partial charge < -0.3 is 19.7 Å². The van der Waals surface area contributed by atoms with Crippen molar-refractivity contribution in [2.24, 2.45) is 0 Å². The molecule has 1 aromatic heterocycles. The lowest BCUT2D eigenvalue weighted by atomic mass is 9.98. The number of nitrogens with zero attached hydrogens (tertiary/aromatic N) is 3. The molecular formula is C21H30N4O2. The Bertz CT molecular complexity index is 859. The maximum absolute atomic E-state index is 12.7. The van der Waals surface area contributed by atoms with E-state index in [0.29, 0.717) is 31.3 Å². The molecule has 2 heterocycles. The lowest BCUT2D eigenvalue weighted by molar-refractivity contribution is -0.132. The monoisotopic (exact) mass is 370 g/mol. The fraction of sp³-hybridized carbons (Fsp3) is 0.524. The van der Waals surface area contributed by atoms with Crippen LogP contribution in [-0.2, 0) is 17.8 Å². The van der Waals surface area contributed by atoms with Crippen molar-refractivity contribution >= 4 is 16.7 Å². The number of H-pyrrole nitrogens is 1. The first kappa shape index (κ1) is 19.6. The molecule has 1 aromatic carbocycles. The van der Waals surface area contributed by atoms with Crippen molar-refractivity contribution in [2.75, 3.05) is 47.3 Å². The molecule has 6 nitrogen and oxygen atoms in total. The minimum atomic E-state index is -0.0371. The SMILES string of the molecule is CN(C)CCN(C)CCCC(=O)N1CCc2[nH]c(=O)c3ccccc3c2C1. The van der Waals surface area contributed by atoms with Gasteiger partial charge in [-0.15, -0.1) is 0 Å². The number of amides is 1. The number of carbonyl (C=O) groups excluding carboxylic acids is 1. The highest BCUT2D eigenvalue weighted by atomic mass is 16.2. The maximum Gasteiger partial charge on any atom is 0.256 e. The molecule has 0 radical (unpaired) electrons. The van der Waals surface area contributed by atoms with Crippen molar-refractivity contribution in [3.8, 4) is 0 Å². The molecule has 0 fully saturated rings. The zero-order valence-corrected chi connectivity index (χ0v) is 16.6. The Kier molecular flexibility index (Phi) is 6.29. The van der Waals surface area contributed by atoms with E-state index in [0.717, 1.165) is 42.7 Å². The minimum Gasteiger partial charge on any atom is -0.338 e. The van der Waals surface area contributed by atoms with Crippen LogP contribution in [0.5, 0.6) is 0 Å². The molecule has 2 aromatic rings. The summed E-state index contributed by atoms with van der Waals surface area (Å²) in [7, 11) is 6.25. The second-order valence-electron chi connectivity index (χ2n) is 7.73. The van der Waals surface area contributed by atoms with Gasteiger partial charge in [-0.25, -0.2) is 0 Å². The van der Waals surface area contributed by atoms with E-state index in [9.17, 15) is 9.59 Å². The zero-order valence-electron chi connectivity index (χ0n) is 16.6. The van der Waals surface area contributed by atoms with E-state index < -0.39 is 0 Å². The molecule has 0 saturated heterocycles. The summed E-state index contributed by atoms with van der Waals surface area (Å²) in [4.78, 5) is 34.3. The van der Waals surface area contributed by atoms with Crippen LogP contribution in [0.4, 0.5) is 0 Å². The molecule has 0 spiro atoms.